The highest BCUT2D eigenvalue weighted by Crippen LogP contribution is 2.30. The van der Waals surface area contributed by atoms with Gasteiger partial charge in [0.25, 0.3) is 0 Å². The van der Waals surface area contributed by atoms with Crippen molar-refractivity contribution in [1.82, 2.24) is 19.9 Å². The zero-order chi connectivity index (χ0) is 26.3. The van der Waals surface area contributed by atoms with Crippen LogP contribution in [0.4, 0.5) is 5.82 Å². The van der Waals surface area contributed by atoms with Crippen molar-refractivity contribution in [1.29, 1.82) is 0 Å². The minimum Gasteiger partial charge on any atom is -0.393 e. The van der Waals surface area contributed by atoms with Crippen molar-refractivity contribution < 1.29 is 9.90 Å². The fourth-order valence-corrected chi connectivity index (χ4v) is 5.72. The Bertz CT molecular complexity index is 1300. The number of aromatic nitrogens is 3. The fraction of sp³-hybridized carbons (Fsp3) is 0.433. The smallest absolute Gasteiger partial charge is 0.246 e. The Hall–Kier alpha value is -3.10. The number of rotatable bonds is 9. The normalized spacial score (nSPS) is 16.8. The molecule has 2 aromatic heterocycles. The van der Waals surface area contributed by atoms with Gasteiger partial charge in [-0.1, -0.05) is 17.7 Å². The molecule has 2 N–H and O–H groups in total. The van der Waals surface area contributed by atoms with Crippen LogP contribution in [0.25, 0.3) is 17.0 Å². The third-order valence-corrected chi connectivity index (χ3v) is 8.26. The summed E-state index contributed by atoms with van der Waals surface area (Å²) < 4.78 is 0. The Balaban J connectivity index is 1.46. The molecule has 1 aliphatic heterocycles. The summed E-state index contributed by atoms with van der Waals surface area (Å²) in [6, 6.07) is 8.59. The molecule has 1 fully saturated rings. The van der Waals surface area contributed by atoms with E-state index in [1.165, 1.54) is 23.3 Å². The number of aliphatic hydroxyl groups excluding tert-OH is 1. The number of H-pyrrole nitrogens is 1. The summed E-state index contributed by atoms with van der Waals surface area (Å²) in [4.78, 5) is 31.1. The van der Waals surface area contributed by atoms with Gasteiger partial charge in [-0.3, -0.25) is 4.79 Å². The molecule has 38 heavy (non-hydrogen) atoms. The number of piperidine rings is 1. The van der Waals surface area contributed by atoms with E-state index in [4.69, 9.17) is 4.98 Å². The highest BCUT2D eigenvalue weighted by Gasteiger charge is 2.23. The van der Waals surface area contributed by atoms with E-state index in [0.29, 0.717) is 13.1 Å². The molecule has 5 rings (SSSR count). The van der Waals surface area contributed by atoms with Crippen LogP contribution < -0.4 is 4.90 Å². The lowest BCUT2D eigenvalue weighted by molar-refractivity contribution is -0.126. The average molecular weight is 532 g/mol. The number of hydrogen-bond donors (Lipinski definition) is 2. The van der Waals surface area contributed by atoms with Crippen LogP contribution in [0.5, 0.6) is 0 Å². The molecule has 1 saturated heterocycles. The number of amides is 1. The van der Waals surface area contributed by atoms with E-state index in [-0.39, 0.29) is 12.0 Å². The number of imidazole rings is 1. The largest absolute Gasteiger partial charge is 0.393 e. The Morgan fingerprint density at radius 3 is 2.87 bits per heavy atom. The van der Waals surface area contributed by atoms with E-state index >= 15 is 0 Å². The van der Waals surface area contributed by atoms with E-state index in [1.807, 2.05) is 4.90 Å². The monoisotopic (exact) mass is 531 g/mol. The van der Waals surface area contributed by atoms with Crippen molar-refractivity contribution in [2.45, 2.75) is 62.5 Å². The van der Waals surface area contributed by atoms with Gasteiger partial charge in [-0.2, -0.15) is 0 Å². The average Bonchev–Trinajstić information content (AvgIpc) is 3.48. The van der Waals surface area contributed by atoms with Gasteiger partial charge in [-0.15, -0.1) is 11.8 Å². The zero-order valence-electron chi connectivity index (χ0n) is 22.1. The lowest BCUT2D eigenvalue weighted by Gasteiger charge is -2.33. The van der Waals surface area contributed by atoms with Gasteiger partial charge in [0.05, 0.1) is 29.8 Å². The Morgan fingerprint density at radius 1 is 1.26 bits per heavy atom. The topological polar surface area (TPSA) is 85.4 Å². The highest BCUT2D eigenvalue weighted by atomic mass is 32.2. The second-order valence-corrected chi connectivity index (χ2v) is 11.1. The molecule has 1 aromatic carbocycles. The lowest BCUT2D eigenvalue weighted by atomic mass is 9.97. The molecular weight excluding hydrogens is 494 g/mol. The van der Waals surface area contributed by atoms with E-state index in [9.17, 15) is 9.90 Å². The van der Waals surface area contributed by atoms with Crippen LogP contribution in [-0.4, -0.2) is 62.9 Å². The molecule has 3 aromatic rings. The van der Waals surface area contributed by atoms with Crippen LogP contribution in [0, 0.1) is 0 Å². The number of fused-ring (bicyclic) bond motifs is 1. The van der Waals surface area contributed by atoms with Crippen LogP contribution in [0.3, 0.4) is 0 Å². The molecule has 0 spiro atoms. The minimum absolute atomic E-state index is 0.0196. The first-order valence-electron chi connectivity index (χ1n) is 13.6. The van der Waals surface area contributed by atoms with Gasteiger partial charge in [-0.25, -0.2) is 9.97 Å². The van der Waals surface area contributed by atoms with Crippen LogP contribution in [0.1, 0.15) is 56.2 Å². The predicted octanol–water partition coefficient (Wildman–Crippen LogP) is 5.57. The van der Waals surface area contributed by atoms with Gasteiger partial charge in [-0.05, 0) is 75.5 Å². The molecule has 200 valence electrons. The van der Waals surface area contributed by atoms with Crippen molar-refractivity contribution in [3.63, 3.8) is 0 Å². The number of pyridine rings is 1. The summed E-state index contributed by atoms with van der Waals surface area (Å²) in [5.41, 5.74) is 4.27. The summed E-state index contributed by atoms with van der Waals surface area (Å²) in [5.74, 6) is 0.906. The lowest BCUT2D eigenvalue weighted by Crippen LogP contribution is -2.38. The van der Waals surface area contributed by atoms with Crippen molar-refractivity contribution in [3.8, 4) is 0 Å². The van der Waals surface area contributed by atoms with E-state index in [1.54, 1.807) is 36.4 Å². The van der Waals surface area contributed by atoms with E-state index in [0.717, 1.165) is 73.2 Å². The molecule has 0 atom stereocenters. The van der Waals surface area contributed by atoms with Gasteiger partial charge < -0.3 is 19.9 Å². The van der Waals surface area contributed by atoms with Crippen LogP contribution >= 0.6 is 11.8 Å². The van der Waals surface area contributed by atoms with Gasteiger partial charge in [0, 0.05) is 48.1 Å². The summed E-state index contributed by atoms with van der Waals surface area (Å²) in [6.45, 7) is 2.67. The Kier molecular flexibility index (Phi) is 8.81. The fourth-order valence-electron chi connectivity index (χ4n) is 5.28. The number of aromatic amines is 1. The number of thioether (sulfide) groups is 1. The maximum absolute atomic E-state index is 13.5. The first-order chi connectivity index (χ1) is 18.6. The molecule has 2 aliphatic rings. The minimum atomic E-state index is -0.257. The first-order valence-corrected chi connectivity index (χ1v) is 14.9. The second kappa shape index (κ2) is 12.6. The Morgan fingerprint density at radius 2 is 2.13 bits per heavy atom. The van der Waals surface area contributed by atoms with Crippen LogP contribution in [0.2, 0.25) is 0 Å². The quantitative estimate of drug-likeness (QED) is 0.213. The van der Waals surface area contributed by atoms with E-state index in [2.05, 4.69) is 51.5 Å². The molecule has 0 bridgehead atoms. The van der Waals surface area contributed by atoms with Crippen molar-refractivity contribution >= 4 is 40.5 Å². The van der Waals surface area contributed by atoms with Crippen LogP contribution in [0.15, 0.2) is 59.4 Å². The number of carbonyl (C=O) groups is 1. The number of carbonyl (C=O) groups excluding carboxylic acids is 1. The summed E-state index contributed by atoms with van der Waals surface area (Å²) >= 11 is 1.71. The number of benzene rings is 1. The van der Waals surface area contributed by atoms with Gasteiger partial charge in [0.2, 0.25) is 5.91 Å². The number of anilines is 1. The predicted molar refractivity (Wildman–Crippen MR) is 155 cm³/mol. The molecule has 0 unspecified atom stereocenters. The number of allylic oxidation sites excluding steroid dienone is 1. The SMILES string of the molecule is CSc1ccc2cc(CN(CCC3=CCCCC3)C(=O)C=Cc3cnc[nH]3)c(N3CCC(O)CC3)nc2c1. The number of nitrogens with zero attached hydrogens (tertiary/aromatic N) is 4. The summed E-state index contributed by atoms with van der Waals surface area (Å²) in [5, 5.41) is 11.2. The van der Waals surface area contributed by atoms with Gasteiger partial charge >= 0.3 is 0 Å². The molecule has 1 aliphatic carbocycles. The molecular formula is C30H37N5O2S. The number of nitrogens with one attached hydrogen (secondary N) is 1. The third-order valence-electron chi connectivity index (χ3n) is 7.53. The molecule has 1 amide bonds. The van der Waals surface area contributed by atoms with Crippen LogP contribution in [-0.2, 0) is 11.3 Å². The summed E-state index contributed by atoms with van der Waals surface area (Å²) in [6.07, 6.45) is 18.0. The van der Waals surface area contributed by atoms with Gasteiger partial charge in [0.15, 0.2) is 0 Å². The van der Waals surface area contributed by atoms with Crippen molar-refractivity contribution in [2.75, 3.05) is 30.8 Å². The van der Waals surface area contributed by atoms with Crippen molar-refractivity contribution in [2.24, 2.45) is 0 Å². The Labute approximate surface area is 229 Å². The van der Waals surface area contributed by atoms with Gasteiger partial charge in [0.1, 0.15) is 5.82 Å². The number of aliphatic hydroxyl groups is 1. The molecule has 3 heterocycles. The molecule has 8 heteroatoms. The summed E-state index contributed by atoms with van der Waals surface area (Å²) in [7, 11) is 0. The third kappa shape index (κ3) is 6.66. The van der Waals surface area contributed by atoms with Crippen molar-refractivity contribution in [3.05, 3.63) is 65.8 Å². The second-order valence-electron chi connectivity index (χ2n) is 10.2. The molecule has 0 radical (unpaired) electrons. The van der Waals surface area contributed by atoms with E-state index < -0.39 is 0 Å². The first kappa shape index (κ1) is 26.5. The maximum atomic E-state index is 13.5. The zero-order valence-corrected chi connectivity index (χ0v) is 22.9. The number of hydrogen-bond acceptors (Lipinski definition) is 6. The maximum Gasteiger partial charge on any atom is 0.246 e. The molecule has 7 nitrogen and oxygen atoms in total. The molecule has 0 saturated carbocycles. The standard InChI is InChI=1S/C30H37N5O2S/c1-38-27-9-7-23-17-24(30(33-28(23)18-27)34-15-12-26(36)13-16-34)20-35(14-11-22-5-3-2-4-6-22)29(37)10-8-25-19-31-21-32-25/h5,7-10,17-19,21,26,36H,2-4,6,11-16,20H2,1H3,(H,31,32). The highest BCUT2D eigenvalue weighted by molar-refractivity contribution is 7.98.